The summed E-state index contributed by atoms with van der Waals surface area (Å²) in [6.45, 7) is 5.14. The summed E-state index contributed by atoms with van der Waals surface area (Å²) >= 11 is 0. The van der Waals surface area contributed by atoms with Crippen LogP contribution in [0.25, 0.3) is 11.3 Å². The van der Waals surface area contributed by atoms with Crippen LogP contribution in [0.2, 0.25) is 0 Å². The third-order valence-electron chi connectivity index (χ3n) is 7.80. The van der Waals surface area contributed by atoms with Crippen LogP contribution in [0, 0.1) is 6.92 Å². The number of hydrogen-bond donors (Lipinski definition) is 2. The molecular weight excluding hydrogens is 468 g/mol. The lowest BCUT2D eigenvalue weighted by atomic mass is 9.80. The number of amides is 1. The Kier molecular flexibility index (Phi) is 7.73. The number of rotatable bonds is 8. The zero-order valence-electron chi connectivity index (χ0n) is 21.8. The molecule has 1 aliphatic heterocycles. The number of aliphatic hydroxyl groups is 1. The van der Waals surface area contributed by atoms with Crippen LogP contribution in [0.4, 0.5) is 0 Å². The summed E-state index contributed by atoms with van der Waals surface area (Å²) in [7, 11) is 1.62. The van der Waals surface area contributed by atoms with Crippen molar-refractivity contribution in [2.24, 2.45) is 0 Å². The highest BCUT2D eigenvalue weighted by Gasteiger charge is 2.42. The molecule has 9 heteroatoms. The molecule has 2 N–H and O–H groups in total. The van der Waals surface area contributed by atoms with E-state index < -0.39 is 5.60 Å². The lowest BCUT2D eigenvalue weighted by Crippen LogP contribution is -2.54. The second kappa shape index (κ2) is 11.2. The molecule has 2 aromatic heterocycles. The van der Waals surface area contributed by atoms with Gasteiger partial charge >= 0.3 is 0 Å². The molecule has 1 saturated heterocycles. The van der Waals surface area contributed by atoms with Gasteiger partial charge in [-0.1, -0.05) is 43.2 Å². The van der Waals surface area contributed by atoms with Gasteiger partial charge in [-0.3, -0.25) is 9.48 Å². The number of carbonyl (C=O) groups is 1. The van der Waals surface area contributed by atoms with E-state index in [0.717, 1.165) is 62.1 Å². The molecule has 0 unspecified atom stereocenters. The summed E-state index contributed by atoms with van der Waals surface area (Å²) in [4.78, 5) is 20.8. The van der Waals surface area contributed by atoms with Crippen LogP contribution in [0.5, 0.6) is 0 Å². The minimum atomic E-state index is -1.00. The summed E-state index contributed by atoms with van der Waals surface area (Å²) in [5, 5.41) is 19.4. The molecule has 2 fully saturated rings. The lowest BCUT2D eigenvalue weighted by molar-refractivity contribution is -0.0893. The number of nitrogens with zero attached hydrogens (tertiary/aromatic N) is 5. The van der Waals surface area contributed by atoms with Crippen molar-refractivity contribution in [1.29, 1.82) is 0 Å². The van der Waals surface area contributed by atoms with E-state index in [9.17, 15) is 9.90 Å². The van der Waals surface area contributed by atoms with Crippen LogP contribution in [0.3, 0.4) is 0 Å². The number of nitrogens with one attached hydrogen (secondary N) is 1. The van der Waals surface area contributed by atoms with Gasteiger partial charge in [0, 0.05) is 51.1 Å². The second-order valence-corrected chi connectivity index (χ2v) is 10.4. The minimum Gasteiger partial charge on any atom is -0.385 e. The van der Waals surface area contributed by atoms with Crippen LogP contribution in [-0.4, -0.2) is 80.2 Å². The van der Waals surface area contributed by atoms with Crippen molar-refractivity contribution >= 4 is 5.91 Å². The Morgan fingerprint density at radius 2 is 2.11 bits per heavy atom. The highest BCUT2D eigenvalue weighted by Crippen LogP contribution is 2.41. The number of piperazine rings is 1. The van der Waals surface area contributed by atoms with Crippen molar-refractivity contribution in [2.75, 3.05) is 33.4 Å². The Morgan fingerprint density at radius 3 is 2.86 bits per heavy atom. The molecule has 1 aromatic carbocycles. The van der Waals surface area contributed by atoms with E-state index in [1.807, 2.05) is 63.8 Å². The van der Waals surface area contributed by atoms with Crippen LogP contribution in [0.1, 0.15) is 54.2 Å². The minimum absolute atomic E-state index is 0.0413. The van der Waals surface area contributed by atoms with Gasteiger partial charge in [-0.25, -0.2) is 4.98 Å². The summed E-state index contributed by atoms with van der Waals surface area (Å²) in [5.41, 5.74) is 2.26. The fourth-order valence-electron chi connectivity index (χ4n) is 5.95. The normalized spacial score (nSPS) is 24.4. The standard InChI is InChI=1S/C28H38N6O3/c1-21-16-31-32(18-21)14-11-23-17-29-13-15-33(23)27(35)25-26(22-8-4-3-5-9-22)34(20-30-25)24-10-6-7-12-28(24,36)19-37-2/h3-5,8-9,16,18,20,23-24,29,36H,6-7,10-15,17,19H2,1-2H3/t23-,24-,28-/m1/s1. The number of carbonyl (C=O) groups excluding carboxylic acids is 1. The van der Waals surface area contributed by atoms with Gasteiger partial charge in [0.15, 0.2) is 5.69 Å². The van der Waals surface area contributed by atoms with Gasteiger partial charge in [-0.2, -0.15) is 5.10 Å². The molecule has 198 valence electrons. The van der Waals surface area contributed by atoms with Gasteiger partial charge in [-0.05, 0) is 31.7 Å². The van der Waals surface area contributed by atoms with Gasteiger partial charge in [0.1, 0.15) is 5.60 Å². The van der Waals surface area contributed by atoms with Crippen LogP contribution >= 0.6 is 0 Å². The fourth-order valence-corrected chi connectivity index (χ4v) is 5.95. The molecule has 2 aliphatic rings. The first-order valence-corrected chi connectivity index (χ1v) is 13.3. The first-order valence-electron chi connectivity index (χ1n) is 13.3. The monoisotopic (exact) mass is 506 g/mol. The molecule has 5 rings (SSSR count). The first kappa shape index (κ1) is 25.6. The Hall–Kier alpha value is -3.01. The molecule has 1 aliphatic carbocycles. The van der Waals surface area contributed by atoms with E-state index in [-0.39, 0.29) is 24.6 Å². The Morgan fingerprint density at radius 1 is 1.27 bits per heavy atom. The zero-order chi connectivity index (χ0) is 25.8. The van der Waals surface area contributed by atoms with Crippen LogP contribution < -0.4 is 5.32 Å². The molecule has 1 amide bonds. The Balaban J connectivity index is 1.48. The Bertz CT molecular complexity index is 1190. The molecule has 3 aromatic rings. The smallest absolute Gasteiger partial charge is 0.275 e. The number of benzene rings is 1. The van der Waals surface area contributed by atoms with E-state index in [1.165, 1.54) is 0 Å². The zero-order valence-corrected chi connectivity index (χ0v) is 21.8. The predicted octanol–water partition coefficient (Wildman–Crippen LogP) is 3.05. The summed E-state index contributed by atoms with van der Waals surface area (Å²) in [6.07, 6.45) is 9.87. The first-order chi connectivity index (χ1) is 18.0. The fraction of sp³-hybridized carbons (Fsp3) is 0.536. The third kappa shape index (κ3) is 5.35. The number of imidazole rings is 1. The molecule has 3 atom stereocenters. The predicted molar refractivity (Wildman–Crippen MR) is 141 cm³/mol. The maximum absolute atomic E-state index is 14.1. The van der Waals surface area contributed by atoms with E-state index in [2.05, 4.69) is 10.4 Å². The van der Waals surface area contributed by atoms with Crippen molar-refractivity contribution in [3.63, 3.8) is 0 Å². The molecule has 3 heterocycles. The highest BCUT2D eigenvalue weighted by atomic mass is 16.5. The summed E-state index contributed by atoms with van der Waals surface area (Å²) in [5.74, 6) is -0.0631. The number of hydrogen-bond acceptors (Lipinski definition) is 6. The van der Waals surface area contributed by atoms with Crippen molar-refractivity contribution in [1.82, 2.24) is 29.5 Å². The maximum atomic E-state index is 14.1. The largest absolute Gasteiger partial charge is 0.385 e. The van der Waals surface area contributed by atoms with E-state index in [1.54, 1.807) is 13.4 Å². The van der Waals surface area contributed by atoms with E-state index in [4.69, 9.17) is 9.72 Å². The summed E-state index contributed by atoms with van der Waals surface area (Å²) < 4.78 is 9.41. The molecule has 0 bridgehead atoms. The second-order valence-electron chi connectivity index (χ2n) is 10.4. The molecule has 0 spiro atoms. The van der Waals surface area contributed by atoms with Gasteiger partial charge in [0.2, 0.25) is 0 Å². The van der Waals surface area contributed by atoms with E-state index >= 15 is 0 Å². The third-order valence-corrected chi connectivity index (χ3v) is 7.80. The Labute approximate surface area is 218 Å². The average molecular weight is 507 g/mol. The van der Waals surface area contributed by atoms with Gasteiger partial charge in [0.25, 0.3) is 5.91 Å². The number of aryl methyl sites for hydroxylation is 2. The molecule has 0 radical (unpaired) electrons. The van der Waals surface area contributed by atoms with Crippen LogP contribution in [-0.2, 0) is 11.3 Å². The van der Waals surface area contributed by atoms with E-state index in [0.29, 0.717) is 18.7 Å². The molecule has 9 nitrogen and oxygen atoms in total. The SMILES string of the molecule is COC[C@]1(O)CCCC[C@H]1n1cnc(C(=O)N2CCNC[C@H]2CCn2cc(C)cn2)c1-c1ccccc1. The van der Waals surface area contributed by atoms with Gasteiger partial charge in [-0.15, -0.1) is 0 Å². The molecule has 1 saturated carbocycles. The average Bonchev–Trinajstić information content (AvgIpc) is 3.54. The van der Waals surface area contributed by atoms with Crippen molar-refractivity contribution in [2.45, 2.75) is 63.3 Å². The van der Waals surface area contributed by atoms with Crippen molar-refractivity contribution in [3.05, 3.63) is 60.3 Å². The van der Waals surface area contributed by atoms with Crippen LogP contribution in [0.15, 0.2) is 49.1 Å². The quantitative estimate of drug-likeness (QED) is 0.488. The van der Waals surface area contributed by atoms with Crippen molar-refractivity contribution in [3.8, 4) is 11.3 Å². The number of aromatic nitrogens is 4. The number of ether oxygens (including phenoxy) is 1. The number of methoxy groups -OCH3 is 1. The highest BCUT2D eigenvalue weighted by molar-refractivity contribution is 5.98. The molecular formula is C28H38N6O3. The maximum Gasteiger partial charge on any atom is 0.275 e. The van der Waals surface area contributed by atoms with Gasteiger partial charge in [0.05, 0.1) is 30.9 Å². The van der Waals surface area contributed by atoms with Gasteiger partial charge < -0.3 is 24.6 Å². The van der Waals surface area contributed by atoms with Crippen molar-refractivity contribution < 1.29 is 14.6 Å². The molecule has 37 heavy (non-hydrogen) atoms. The lowest BCUT2D eigenvalue weighted by Gasteiger charge is -2.41. The topological polar surface area (TPSA) is 97.4 Å². The summed E-state index contributed by atoms with van der Waals surface area (Å²) in [6, 6.07) is 9.77.